The number of benzene rings is 2. The maximum Gasteiger partial charge on any atom is 0.272 e. The van der Waals surface area contributed by atoms with Crippen LogP contribution in [0.4, 0.5) is 5.69 Å². The highest BCUT2D eigenvalue weighted by atomic mass is 16.6. The van der Waals surface area contributed by atoms with Crippen molar-refractivity contribution in [3.8, 4) is 17.2 Å². The Labute approximate surface area is 151 Å². The van der Waals surface area contributed by atoms with E-state index in [-0.39, 0.29) is 5.91 Å². The van der Waals surface area contributed by atoms with Gasteiger partial charge in [-0.2, -0.15) is 0 Å². The van der Waals surface area contributed by atoms with Gasteiger partial charge in [-0.1, -0.05) is 0 Å². The summed E-state index contributed by atoms with van der Waals surface area (Å²) in [6.07, 6.45) is 0. The van der Waals surface area contributed by atoms with E-state index in [0.29, 0.717) is 42.7 Å². The molecular weight excluding hydrogens is 332 g/mol. The third kappa shape index (κ3) is 2.94. The van der Waals surface area contributed by atoms with E-state index in [1.807, 2.05) is 42.8 Å². The molecule has 1 aliphatic rings. The van der Waals surface area contributed by atoms with Crippen LogP contribution in [0.2, 0.25) is 0 Å². The van der Waals surface area contributed by atoms with Gasteiger partial charge in [-0.15, -0.1) is 0 Å². The predicted octanol–water partition coefficient (Wildman–Crippen LogP) is 3.60. The molecular formula is C20H20N2O4. The molecule has 26 heavy (non-hydrogen) atoms. The zero-order valence-electron chi connectivity index (χ0n) is 14.7. The molecule has 4 rings (SSSR count). The average molecular weight is 352 g/mol. The van der Waals surface area contributed by atoms with E-state index in [0.717, 1.165) is 16.7 Å². The number of fused-ring (bicyclic) bond motifs is 2. The summed E-state index contributed by atoms with van der Waals surface area (Å²) in [7, 11) is 1.88. The molecule has 0 saturated heterocycles. The highest BCUT2D eigenvalue weighted by Crippen LogP contribution is 2.33. The molecule has 2 heterocycles. The third-order valence-corrected chi connectivity index (χ3v) is 4.36. The number of carbonyl (C=O) groups excluding carboxylic acids is 1. The van der Waals surface area contributed by atoms with Crippen molar-refractivity contribution in [2.45, 2.75) is 6.92 Å². The van der Waals surface area contributed by atoms with Crippen LogP contribution >= 0.6 is 0 Å². The molecule has 0 radical (unpaired) electrons. The Hall–Kier alpha value is -3.15. The van der Waals surface area contributed by atoms with E-state index in [9.17, 15) is 4.79 Å². The predicted molar refractivity (Wildman–Crippen MR) is 99.5 cm³/mol. The topological polar surface area (TPSA) is 61.7 Å². The minimum Gasteiger partial charge on any atom is -0.494 e. The third-order valence-electron chi connectivity index (χ3n) is 4.36. The first-order chi connectivity index (χ1) is 12.7. The van der Waals surface area contributed by atoms with Crippen molar-refractivity contribution in [1.82, 2.24) is 4.57 Å². The molecule has 6 nitrogen and oxygen atoms in total. The molecule has 0 atom stereocenters. The fourth-order valence-electron chi connectivity index (χ4n) is 3.12. The summed E-state index contributed by atoms with van der Waals surface area (Å²) in [4.78, 5) is 12.7. The van der Waals surface area contributed by atoms with Gasteiger partial charge in [0.15, 0.2) is 11.5 Å². The number of nitrogens with one attached hydrogen (secondary N) is 1. The SMILES string of the molecule is CCOc1ccc2c(c1)cc(C(=O)Nc1ccc3c(c1)OCCO3)n2C. The Bertz CT molecular complexity index is 977. The highest BCUT2D eigenvalue weighted by molar-refractivity contribution is 6.06. The Morgan fingerprint density at radius 2 is 1.92 bits per heavy atom. The van der Waals surface area contributed by atoms with Gasteiger partial charge in [0.05, 0.1) is 6.61 Å². The number of anilines is 1. The lowest BCUT2D eigenvalue weighted by molar-refractivity contribution is 0.101. The van der Waals surface area contributed by atoms with Crippen molar-refractivity contribution in [2.75, 3.05) is 25.1 Å². The molecule has 0 saturated carbocycles. The lowest BCUT2D eigenvalue weighted by Gasteiger charge is -2.19. The minimum absolute atomic E-state index is 0.182. The van der Waals surface area contributed by atoms with E-state index in [1.165, 1.54) is 0 Å². The smallest absolute Gasteiger partial charge is 0.272 e. The van der Waals surface area contributed by atoms with Crippen LogP contribution in [0.25, 0.3) is 10.9 Å². The summed E-state index contributed by atoms with van der Waals surface area (Å²) in [6, 6.07) is 13.1. The second-order valence-corrected chi connectivity index (χ2v) is 6.05. The van der Waals surface area contributed by atoms with E-state index < -0.39 is 0 Å². The minimum atomic E-state index is -0.182. The van der Waals surface area contributed by atoms with Gasteiger partial charge in [-0.3, -0.25) is 4.79 Å². The normalized spacial score (nSPS) is 12.8. The van der Waals surface area contributed by atoms with Gasteiger partial charge >= 0.3 is 0 Å². The van der Waals surface area contributed by atoms with Gasteiger partial charge < -0.3 is 24.1 Å². The maximum absolute atomic E-state index is 12.7. The maximum atomic E-state index is 12.7. The van der Waals surface area contributed by atoms with Crippen molar-refractivity contribution < 1.29 is 19.0 Å². The average Bonchev–Trinajstić information content (AvgIpc) is 2.98. The van der Waals surface area contributed by atoms with E-state index in [2.05, 4.69) is 5.32 Å². The molecule has 3 aromatic rings. The molecule has 1 aromatic heterocycles. The fourth-order valence-corrected chi connectivity index (χ4v) is 3.12. The Balaban J connectivity index is 1.60. The molecule has 0 unspecified atom stereocenters. The Kier molecular flexibility index (Phi) is 4.16. The summed E-state index contributed by atoms with van der Waals surface area (Å²) in [5.74, 6) is 1.96. The van der Waals surface area contributed by atoms with Crippen molar-refractivity contribution >= 4 is 22.5 Å². The number of aryl methyl sites for hydroxylation is 1. The van der Waals surface area contributed by atoms with Crippen molar-refractivity contribution in [3.63, 3.8) is 0 Å². The van der Waals surface area contributed by atoms with Gasteiger partial charge in [0.1, 0.15) is 24.7 Å². The Morgan fingerprint density at radius 3 is 2.73 bits per heavy atom. The van der Waals surface area contributed by atoms with Crippen LogP contribution in [0.1, 0.15) is 17.4 Å². The largest absolute Gasteiger partial charge is 0.494 e. The van der Waals surface area contributed by atoms with E-state index in [4.69, 9.17) is 14.2 Å². The van der Waals surface area contributed by atoms with Crippen LogP contribution in [-0.2, 0) is 7.05 Å². The van der Waals surface area contributed by atoms with Gasteiger partial charge in [0, 0.05) is 29.7 Å². The summed E-state index contributed by atoms with van der Waals surface area (Å²) in [5.41, 5.74) is 2.21. The molecule has 134 valence electrons. The Morgan fingerprint density at radius 1 is 1.12 bits per heavy atom. The molecule has 0 spiro atoms. The van der Waals surface area contributed by atoms with Crippen LogP contribution in [-0.4, -0.2) is 30.3 Å². The quantitative estimate of drug-likeness (QED) is 0.779. The summed E-state index contributed by atoms with van der Waals surface area (Å²) in [5, 5.41) is 3.89. The first-order valence-electron chi connectivity index (χ1n) is 8.59. The lowest BCUT2D eigenvalue weighted by atomic mass is 10.2. The van der Waals surface area contributed by atoms with Crippen LogP contribution < -0.4 is 19.5 Å². The molecule has 6 heteroatoms. The monoisotopic (exact) mass is 352 g/mol. The van der Waals surface area contributed by atoms with E-state index >= 15 is 0 Å². The van der Waals surface area contributed by atoms with Crippen LogP contribution in [0.5, 0.6) is 17.2 Å². The molecule has 0 aliphatic carbocycles. The molecule has 2 aromatic carbocycles. The number of rotatable bonds is 4. The first-order valence-corrected chi connectivity index (χ1v) is 8.59. The number of ether oxygens (including phenoxy) is 3. The van der Waals surface area contributed by atoms with Crippen molar-refractivity contribution in [1.29, 1.82) is 0 Å². The highest BCUT2D eigenvalue weighted by Gasteiger charge is 2.16. The van der Waals surface area contributed by atoms with Crippen molar-refractivity contribution in [2.24, 2.45) is 7.05 Å². The van der Waals surface area contributed by atoms with Crippen molar-refractivity contribution in [3.05, 3.63) is 48.2 Å². The standard InChI is InChI=1S/C20H20N2O4/c1-3-24-15-5-6-16-13(10-15)11-17(22(16)2)20(23)21-14-4-7-18-19(12-14)26-9-8-25-18/h4-7,10-12H,3,8-9H2,1-2H3,(H,21,23). The van der Waals surface area contributed by atoms with Gasteiger partial charge in [0.25, 0.3) is 5.91 Å². The van der Waals surface area contributed by atoms with Gasteiger partial charge in [-0.05, 0) is 43.3 Å². The summed E-state index contributed by atoms with van der Waals surface area (Å²) < 4.78 is 18.5. The molecule has 0 fully saturated rings. The number of hydrogen-bond donors (Lipinski definition) is 1. The first kappa shape index (κ1) is 16.3. The number of hydrogen-bond acceptors (Lipinski definition) is 4. The molecule has 1 N–H and O–H groups in total. The molecule has 1 amide bonds. The van der Waals surface area contributed by atoms with E-state index in [1.54, 1.807) is 18.2 Å². The lowest BCUT2D eigenvalue weighted by Crippen LogP contribution is -2.17. The summed E-state index contributed by atoms with van der Waals surface area (Å²) in [6.45, 7) is 3.60. The number of amides is 1. The fraction of sp³-hybridized carbons (Fsp3) is 0.250. The second kappa shape index (κ2) is 6.63. The number of carbonyl (C=O) groups is 1. The second-order valence-electron chi connectivity index (χ2n) is 6.05. The zero-order chi connectivity index (χ0) is 18.1. The molecule has 0 bridgehead atoms. The number of nitrogens with zero attached hydrogens (tertiary/aromatic N) is 1. The van der Waals surface area contributed by atoms with Crippen LogP contribution in [0.15, 0.2) is 42.5 Å². The van der Waals surface area contributed by atoms with Crippen LogP contribution in [0, 0.1) is 0 Å². The molecule has 1 aliphatic heterocycles. The van der Waals surface area contributed by atoms with Crippen LogP contribution in [0.3, 0.4) is 0 Å². The van der Waals surface area contributed by atoms with Gasteiger partial charge in [0.2, 0.25) is 0 Å². The summed E-state index contributed by atoms with van der Waals surface area (Å²) >= 11 is 0. The van der Waals surface area contributed by atoms with Gasteiger partial charge in [-0.25, -0.2) is 0 Å². The zero-order valence-corrected chi connectivity index (χ0v) is 14.7. The number of aromatic nitrogens is 1.